The van der Waals surface area contributed by atoms with Crippen LogP contribution in [0.3, 0.4) is 0 Å². The summed E-state index contributed by atoms with van der Waals surface area (Å²) in [7, 11) is 0. The number of carbonyl (C=O) groups is 2. The molecule has 5 heteroatoms. The number of carboxylic acids is 1. The molecule has 0 aliphatic carbocycles. The van der Waals surface area contributed by atoms with Gasteiger partial charge in [0.15, 0.2) is 0 Å². The van der Waals surface area contributed by atoms with Gasteiger partial charge in [0.2, 0.25) is 0 Å². The first-order valence-corrected chi connectivity index (χ1v) is 5.25. The van der Waals surface area contributed by atoms with E-state index < -0.39 is 17.5 Å². The quantitative estimate of drug-likeness (QED) is 0.809. The van der Waals surface area contributed by atoms with Crippen LogP contribution in [0.4, 0.5) is 0 Å². The molecule has 0 saturated carbocycles. The number of nitriles is 1. The van der Waals surface area contributed by atoms with Gasteiger partial charge in [-0.15, -0.1) is 0 Å². The van der Waals surface area contributed by atoms with Crippen molar-refractivity contribution in [2.75, 3.05) is 0 Å². The van der Waals surface area contributed by atoms with Gasteiger partial charge in [0.05, 0.1) is 16.7 Å². The van der Waals surface area contributed by atoms with Crippen LogP contribution in [0, 0.1) is 11.3 Å². The summed E-state index contributed by atoms with van der Waals surface area (Å²) >= 11 is 0. The summed E-state index contributed by atoms with van der Waals surface area (Å²) in [4.78, 5) is 22.6. The maximum absolute atomic E-state index is 11.8. The zero-order chi connectivity index (χ0) is 13.9. The molecule has 1 aromatic rings. The molecule has 0 unspecified atom stereocenters. The van der Waals surface area contributed by atoms with Gasteiger partial charge < -0.3 is 9.84 Å². The Balaban J connectivity index is 3.15. The van der Waals surface area contributed by atoms with Crippen molar-refractivity contribution < 1.29 is 19.4 Å². The highest BCUT2D eigenvalue weighted by molar-refractivity contribution is 5.95. The van der Waals surface area contributed by atoms with Crippen molar-refractivity contribution in [1.29, 1.82) is 5.26 Å². The number of ether oxygens (including phenoxy) is 1. The van der Waals surface area contributed by atoms with Crippen LogP contribution in [0.1, 0.15) is 47.1 Å². The number of aromatic carboxylic acids is 1. The summed E-state index contributed by atoms with van der Waals surface area (Å²) in [5, 5.41) is 17.7. The van der Waals surface area contributed by atoms with Crippen LogP contribution >= 0.6 is 0 Å². The molecule has 0 bridgehead atoms. The predicted octanol–water partition coefficient (Wildman–Crippen LogP) is 2.21. The van der Waals surface area contributed by atoms with E-state index in [4.69, 9.17) is 15.1 Å². The van der Waals surface area contributed by atoms with Crippen molar-refractivity contribution in [3.8, 4) is 6.07 Å². The summed E-state index contributed by atoms with van der Waals surface area (Å²) in [6.07, 6.45) is 0. The lowest BCUT2D eigenvalue weighted by atomic mass is 10.0. The van der Waals surface area contributed by atoms with Crippen molar-refractivity contribution in [2.45, 2.75) is 26.4 Å². The monoisotopic (exact) mass is 247 g/mol. The second-order valence-electron chi connectivity index (χ2n) is 4.68. The third-order valence-electron chi connectivity index (χ3n) is 2.01. The van der Waals surface area contributed by atoms with Gasteiger partial charge in [-0.3, -0.25) is 0 Å². The first-order chi connectivity index (χ1) is 8.24. The van der Waals surface area contributed by atoms with Gasteiger partial charge >= 0.3 is 11.9 Å². The van der Waals surface area contributed by atoms with E-state index in [1.807, 2.05) is 0 Å². The van der Waals surface area contributed by atoms with E-state index in [1.165, 1.54) is 12.1 Å². The first kappa shape index (κ1) is 13.7. The smallest absolute Gasteiger partial charge is 0.339 e. The Morgan fingerprint density at radius 3 is 2.39 bits per heavy atom. The molecule has 0 atom stereocenters. The second-order valence-corrected chi connectivity index (χ2v) is 4.68. The molecule has 0 heterocycles. The summed E-state index contributed by atoms with van der Waals surface area (Å²) in [6, 6.07) is 5.50. The van der Waals surface area contributed by atoms with Crippen molar-refractivity contribution in [2.24, 2.45) is 0 Å². The minimum atomic E-state index is -1.15. The Hall–Kier alpha value is -2.35. The molecule has 0 amide bonds. The minimum Gasteiger partial charge on any atom is -0.478 e. The number of carbonyl (C=O) groups excluding carboxylic acids is 1. The van der Waals surface area contributed by atoms with Crippen molar-refractivity contribution in [3.63, 3.8) is 0 Å². The third kappa shape index (κ3) is 3.32. The standard InChI is InChI=1S/C13H13NO4/c1-13(2,3)18-12(17)10-5-4-8(11(15)16)6-9(10)7-14/h4-6H,1-3H3,(H,15,16). The Kier molecular flexibility index (Phi) is 3.72. The van der Waals surface area contributed by atoms with Crippen LogP contribution in [-0.2, 0) is 4.74 Å². The summed E-state index contributed by atoms with van der Waals surface area (Å²) < 4.78 is 5.13. The number of hydrogen-bond donors (Lipinski definition) is 1. The Morgan fingerprint density at radius 2 is 1.94 bits per heavy atom. The fraction of sp³-hybridized carbons (Fsp3) is 0.308. The highest BCUT2D eigenvalue weighted by atomic mass is 16.6. The molecule has 0 saturated heterocycles. The minimum absolute atomic E-state index is 0.0100. The summed E-state index contributed by atoms with van der Waals surface area (Å²) in [5.74, 6) is -1.79. The molecule has 1 aromatic carbocycles. The Bertz CT molecular complexity index is 535. The molecule has 1 N–H and O–H groups in total. The highest BCUT2D eigenvalue weighted by Gasteiger charge is 2.21. The van der Waals surface area contributed by atoms with Crippen LogP contribution in [0.5, 0.6) is 0 Å². The number of benzene rings is 1. The fourth-order valence-corrected chi connectivity index (χ4v) is 1.28. The molecule has 1 rings (SSSR count). The normalized spacial score (nSPS) is 10.6. The van der Waals surface area contributed by atoms with Crippen molar-refractivity contribution >= 4 is 11.9 Å². The largest absolute Gasteiger partial charge is 0.478 e. The maximum atomic E-state index is 11.8. The number of nitrogens with zero attached hydrogens (tertiary/aromatic N) is 1. The van der Waals surface area contributed by atoms with E-state index in [1.54, 1.807) is 26.8 Å². The molecular formula is C13H13NO4. The summed E-state index contributed by atoms with van der Waals surface area (Å²) in [5.41, 5.74) is -0.657. The zero-order valence-electron chi connectivity index (χ0n) is 10.4. The van der Waals surface area contributed by atoms with Crippen LogP contribution in [0.2, 0.25) is 0 Å². The fourth-order valence-electron chi connectivity index (χ4n) is 1.28. The molecule has 0 aliphatic heterocycles. The Labute approximate surface area is 105 Å². The van der Waals surface area contributed by atoms with Crippen LogP contribution in [0.25, 0.3) is 0 Å². The molecule has 0 spiro atoms. The van der Waals surface area contributed by atoms with Gasteiger partial charge in [-0.25, -0.2) is 9.59 Å². The maximum Gasteiger partial charge on any atom is 0.339 e. The molecule has 18 heavy (non-hydrogen) atoms. The predicted molar refractivity (Wildman–Crippen MR) is 63.3 cm³/mol. The molecule has 0 fully saturated rings. The molecular weight excluding hydrogens is 234 g/mol. The molecule has 0 aliphatic rings. The number of carboxylic acid groups (broad SMARTS) is 1. The van der Waals surface area contributed by atoms with Gasteiger partial charge in [-0.1, -0.05) is 0 Å². The average Bonchev–Trinajstić information content (AvgIpc) is 2.25. The molecule has 94 valence electrons. The zero-order valence-corrected chi connectivity index (χ0v) is 10.4. The molecule has 0 aromatic heterocycles. The number of esters is 1. The van der Waals surface area contributed by atoms with E-state index in [2.05, 4.69) is 0 Å². The van der Waals surface area contributed by atoms with E-state index >= 15 is 0 Å². The van der Waals surface area contributed by atoms with Crippen LogP contribution < -0.4 is 0 Å². The van der Waals surface area contributed by atoms with Crippen LogP contribution in [-0.4, -0.2) is 22.6 Å². The van der Waals surface area contributed by atoms with Crippen molar-refractivity contribution in [1.82, 2.24) is 0 Å². The van der Waals surface area contributed by atoms with E-state index in [9.17, 15) is 9.59 Å². The van der Waals surface area contributed by atoms with Crippen LogP contribution in [0.15, 0.2) is 18.2 Å². The van der Waals surface area contributed by atoms with E-state index in [0.717, 1.165) is 6.07 Å². The van der Waals surface area contributed by atoms with E-state index in [-0.39, 0.29) is 16.7 Å². The second kappa shape index (κ2) is 4.88. The summed E-state index contributed by atoms with van der Waals surface area (Å²) in [6.45, 7) is 5.13. The van der Waals surface area contributed by atoms with Gasteiger partial charge in [-0.05, 0) is 39.0 Å². The molecule has 5 nitrogen and oxygen atoms in total. The van der Waals surface area contributed by atoms with Gasteiger partial charge in [0.1, 0.15) is 11.7 Å². The SMILES string of the molecule is CC(C)(C)OC(=O)c1ccc(C(=O)O)cc1C#N. The topological polar surface area (TPSA) is 87.4 Å². The van der Waals surface area contributed by atoms with Crippen molar-refractivity contribution in [3.05, 3.63) is 34.9 Å². The molecule has 0 radical (unpaired) electrons. The first-order valence-electron chi connectivity index (χ1n) is 5.25. The van der Waals surface area contributed by atoms with Gasteiger partial charge in [0, 0.05) is 0 Å². The number of rotatable bonds is 2. The Morgan fingerprint density at radius 1 is 1.33 bits per heavy atom. The lowest BCUT2D eigenvalue weighted by Gasteiger charge is -2.19. The lowest BCUT2D eigenvalue weighted by molar-refractivity contribution is 0.00688. The highest BCUT2D eigenvalue weighted by Crippen LogP contribution is 2.16. The van der Waals surface area contributed by atoms with Gasteiger partial charge in [0.25, 0.3) is 0 Å². The number of hydrogen-bond acceptors (Lipinski definition) is 4. The van der Waals surface area contributed by atoms with E-state index in [0.29, 0.717) is 0 Å². The average molecular weight is 247 g/mol. The lowest BCUT2D eigenvalue weighted by Crippen LogP contribution is -2.24. The third-order valence-corrected chi connectivity index (χ3v) is 2.01. The van der Waals surface area contributed by atoms with Gasteiger partial charge in [-0.2, -0.15) is 5.26 Å².